The minimum absolute atomic E-state index is 0.0167. The molecule has 1 heterocycles. The van der Waals surface area contributed by atoms with Gasteiger partial charge >= 0.3 is 5.97 Å². The Morgan fingerprint density at radius 3 is 2.88 bits per heavy atom. The first-order valence-electron chi connectivity index (χ1n) is 1.83. The molecule has 1 unspecified atom stereocenters. The molecule has 0 radical (unpaired) electrons. The van der Waals surface area contributed by atoms with Crippen molar-refractivity contribution >= 4 is 14.8 Å². The summed E-state index contributed by atoms with van der Waals surface area (Å²) in [6, 6.07) is 0. The molecular weight excluding hydrogens is 131 g/mol. The van der Waals surface area contributed by atoms with Gasteiger partial charge in [-0.15, -0.1) is 0 Å². The van der Waals surface area contributed by atoms with Gasteiger partial charge in [0.15, 0.2) is 0 Å². The fraction of sp³-hybridized carbons (Fsp3) is 0. The highest BCUT2D eigenvalue weighted by Crippen LogP contribution is 2.26. The first kappa shape index (κ1) is 5.54. The van der Waals surface area contributed by atoms with Gasteiger partial charge in [-0.2, -0.15) is 4.67 Å². The minimum Gasteiger partial charge on any atom is -0.475 e. The molecule has 8 heavy (non-hydrogen) atoms. The van der Waals surface area contributed by atoms with Crippen LogP contribution in [-0.2, 0) is 14.4 Å². The summed E-state index contributed by atoms with van der Waals surface area (Å²) in [5.74, 6) is 0.167. The summed E-state index contributed by atoms with van der Waals surface area (Å²) in [6.07, 6.45) is 0. The van der Waals surface area contributed by atoms with Crippen LogP contribution in [0.3, 0.4) is 0 Å². The number of rotatable bonds is 1. The number of carboxylic acids is 1. The van der Waals surface area contributed by atoms with Crippen LogP contribution in [0, 0.1) is 0 Å². The Kier molecular flexibility index (Phi) is 1.46. The van der Waals surface area contributed by atoms with E-state index in [0.29, 0.717) is 0 Å². The summed E-state index contributed by atoms with van der Waals surface area (Å²) >= 11 is 0. The summed E-state index contributed by atoms with van der Waals surface area (Å²) in [7, 11) is 0.0167. The molecule has 0 aromatic carbocycles. The second kappa shape index (κ2) is 2.11. The second-order valence-corrected chi connectivity index (χ2v) is 1.79. The zero-order chi connectivity index (χ0) is 5.98. The van der Waals surface area contributed by atoms with Gasteiger partial charge in [-0.05, 0) is 0 Å². The summed E-state index contributed by atoms with van der Waals surface area (Å²) in [6.45, 7) is 0. The van der Waals surface area contributed by atoms with E-state index in [2.05, 4.69) is 9.56 Å². The molecule has 4 nitrogen and oxygen atoms in total. The van der Waals surface area contributed by atoms with Crippen molar-refractivity contribution in [3.05, 3.63) is 11.6 Å². The molecule has 1 aliphatic heterocycles. The zero-order valence-electron chi connectivity index (χ0n) is 3.75. The Labute approximate surface area is 46.9 Å². The van der Waals surface area contributed by atoms with Gasteiger partial charge in [0, 0.05) is 5.82 Å². The van der Waals surface area contributed by atoms with Gasteiger partial charge in [-0.25, -0.2) is 4.79 Å². The molecular formula is C3H3O4P. The monoisotopic (exact) mass is 134 g/mol. The predicted octanol–water partition coefficient (Wildman–Crippen LogP) is 0.468. The minimum atomic E-state index is -1.09. The van der Waals surface area contributed by atoms with Crippen molar-refractivity contribution in [1.82, 2.24) is 0 Å². The third-order valence-electron chi connectivity index (χ3n) is 0.580. The predicted molar refractivity (Wildman–Crippen MR) is 26.2 cm³/mol. The summed E-state index contributed by atoms with van der Waals surface area (Å²) < 4.78 is 4.27. The number of hydrogen-bond acceptors (Lipinski definition) is 3. The van der Waals surface area contributed by atoms with Crippen molar-refractivity contribution in [2.24, 2.45) is 0 Å². The average Bonchev–Trinajstić information content (AvgIpc) is 2.12. The molecule has 0 aliphatic carbocycles. The summed E-state index contributed by atoms with van der Waals surface area (Å²) in [4.78, 5) is 14.1. The Morgan fingerprint density at radius 2 is 2.62 bits per heavy atom. The standard InChI is InChI=1S/C3H3O4P/c4-3(5)2-1-8-7-6-2/h1,8H,(H,4,5). The molecule has 0 fully saturated rings. The van der Waals surface area contributed by atoms with Crippen LogP contribution in [0.4, 0.5) is 0 Å². The van der Waals surface area contributed by atoms with Crippen molar-refractivity contribution in [1.29, 1.82) is 0 Å². The highest BCUT2D eigenvalue weighted by atomic mass is 31.1. The lowest BCUT2D eigenvalue weighted by Gasteiger charge is -1.89. The van der Waals surface area contributed by atoms with Gasteiger partial charge < -0.3 is 9.99 Å². The SMILES string of the molecule is O=C(O)C1=CPOO1. The van der Waals surface area contributed by atoms with Crippen molar-refractivity contribution in [2.45, 2.75) is 0 Å². The highest BCUT2D eigenvalue weighted by Gasteiger charge is 2.14. The number of aliphatic carboxylic acids is 1. The molecule has 0 aromatic heterocycles. The molecule has 0 saturated heterocycles. The fourth-order valence-corrected chi connectivity index (χ4v) is 0.733. The van der Waals surface area contributed by atoms with E-state index in [4.69, 9.17) is 5.11 Å². The Bertz CT molecular complexity index is 140. The van der Waals surface area contributed by atoms with Crippen molar-refractivity contribution in [3.8, 4) is 0 Å². The van der Waals surface area contributed by atoms with E-state index in [0.717, 1.165) is 0 Å². The first-order chi connectivity index (χ1) is 3.80. The molecule has 0 bridgehead atoms. The van der Waals surface area contributed by atoms with E-state index in [9.17, 15) is 4.79 Å². The largest absolute Gasteiger partial charge is 0.475 e. The van der Waals surface area contributed by atoms with Crippen LogP contribution in [0.25, 0.3) is 0 Å². The lowest BCUT2D eigenvalue weighted by Crippen LogP contribution is -1.98. The Balaban J connectivity index is 2.57. The summed E-state index contributed by atoms with van der Waals surface area (Å²) in [5.41, 5.74) is 0. The molecule has 0 amide bonds. The smallest absolute Gasteiger partial charge is 0.375 e. The molecule has 0 saturated carbocycles. The topological polar surface area (TPSA) is 55.8 Å². The zero-order valence-corrected chi connectivity index (χ0v) is 4.75. The molecule has 0 aromatic rings. The van der Waals surface area contributed by atoms with Gasteiger partial charge in [0.2, 0.25) is 0 Å². The number of hydrogen-bond donors (Lipinski definition) is 1. The number of carboxylic acid groups (broad SMARTS) is 1. The first-order valence-corrected chi connectivity index (χ1v) is 2.82. The molecule has 1 rings (SSSR count). The van der Waals surface area contributed by atoms with Gasteiger partial charge in [-0.3, -0.25) is 0 Å². The lowest BCUT2D eigenvalue weighted by atomic mass is 10.6. The van der Waals surface area contributed by atoms with E-state index < -0.39 is 5.97 Å². The van der Waals surface area contributed by atoms with Crippen molar-refractivity contribution in [2.75, 3.05) is 0 Å². The van der Waals surface area contributed by atoms with Crippen LogP contribution in [0.2, 0.25) is 0 Å². The van der Waals surface area contributed by atoms with E-state index in [-0.39, 0.29) is 14.6 Å². The van der Waals surface area contributed by atoms with E-state index in [1.165, 1.54) is 5.82 Å². The van der Waals surface area contributed by atoms with Crippen molar-refractivity contribution < 1.29 is 19.5 Å². The van der Waals surface area contributed by atoms with Crippen LogP contribution in [-0.4, -0.2) is 11.1 Å². The lowest BCUT2D eigenvalue weighted by molar-refractivity contribution is -0.168. The van der Waals surface area contributed by atoms with Crippen LogP contribution >= 0.6 is 8.81 Å². The van der Waals surface area contributed by atoms with Gasteiger partial charge in [0.1, 0.15) is 0 Å². The van der Waals surface area contributed by atoms with Crippen LogP contribution in [0.5, 0.6) is 0 Å². The maximum Gasteiger partial charge on any atom is 0.375 e. The fourth-order valence-electron chi connectivity index (χ4n) is 0.268. The molecule has 5 heteroatoms. The maximum absolute atomic E-state index is 9.93. The van der Waals surface area contributed by atoms with E-state index >= 15 is 0 Å². The number of carbonyl (C=O) groups is 1. The van der Waals surface area contributed by atoms with E-state index in [1.807, 2.05) is 0 Å². The summed E-state index contributed by atoms with van der Waals surface area (Å²) in [5, 5.41) is 8.14. The Hall–Kier alpha value is -0.600. The van der Waals surface area contributed by atoms with Gasteiger partial charge in [-0.1, -0.05) is 0 Å². The van der Waals surface area contributed by atoms with Crippen molar-refractivity contribution in [3.63, 3.8) is 0 Å². The molecule has 1 N–H and O–H groups in total. The van der Waals surface area contributed by atoms with Crippen LogP contribution in [0.15, 0.2) is 11.6 Å². The molecule has 0 spiro atoms. The maximum atomic E-state index is 9.93. The van der Waals surface area contributed by atoms with Gasteiger partial charge in [0.05, 0.1) is 8.81 Å². The average molecular weight is 134 g/mol. The third kappa shape index (κ3) is 0.967. The molecule has 1 atom stereocenters. The highest BCUT2D eigenvalue weighted by molar-refractivity contribution is 7.36. The second-order valence-electron chi connectivity index (χ2n) is 1.10. The van der Waals surface area contributed by atoms with E-state index in [1.54, 1.807) is 0 Å². The van der Waals surface area contributed by atoms with Gasteiger partial charge in [0.25, 0.3) is 5.76 Å². The van der Waals surface area contributed by atoms with Crippen LogP contribution < -0.4 is 0 Å². The third-order valence-corrected chi connectivity index (χ3v) is 1.14. The molecule has 1 aliphatic rings. The van der Waals surface area contributed by atoms with Crippen LogP contribution in [0.1, 0.15) is 0 Å². The molecule has 44 valence electrons. The Morgan fingerprint density at radius 1 is 1.88 bits per heavy atom. The quantitative estimate of drug-likeness (QED) is 0.418. The normalized spacial score (nSPS) is 20.2.